The molecule has 20 heavy (non-hydrogen) atoms. The summed E-state index contributed by atoms with van der Waals surface area (Å²) < 4.78 is 6.26. The van der Waals surface area contributed by atoms with Crippen molar-refractivity contribution in [2.45, 2.75) is 6.92 Å². The van der Waals surface area contributed by atoms with Crippen LogP contribution in [0.2, 0.25) is 0 Å². The Morgan fingerprint density at radius 1 is 1.05 bits per heavy atom. The number of phenolic OH excluding ortho intramolecular Hbond substituents is 1. The van der Waals surface area contributed by atoms with Gasteiger partial charge in [-0.15, -0.1) is 0 Å². The zero-order valence-electron chi connectivity index (χ0n) is 10.7. The minimum absolute atomic E-state index is 0.205. The monoisotopic (exact) mass is 330 g/mol. The molecule has 100 valence electrons. The van der Waals surface area contributed by atoms with E-state index in [4.69, 9.17) is 4.52 Å². The van der Waals surface area contributed by atoms with Gasteiger partial charge < -0.3 is 9.63 Å². The second kappa shape index (κ2) is 5.09. The second-order valence-corrected chi connectivity index (χ2v) is 5.29. The van der Waals surface area contributed by atoms with Gasteiger partial charge in [-0.3, -0.25) is 0 Å². The molecule has 2 aromatic carbocycles. The number of aromatic hydroxyl groups is 1. The average Bonchev–Trinajstić information content (AvgIpc) is 2.92. The van der Waals surface area contributed by atoms with Crippen molar-refractivity contribution >= 4 is 15.9 Å². The van der Waals surface area contributed by atoms with Crippen LogP contribution in [0.1, 0.15) is 5.56 Å². The molecule has 0 saturated heterocycles. The van der Waals surface area contributed by atoms with E-state index in [0.717, 1.165) is 21.2 Å². The molecular formula is C15H11BrN2O2. The Balaban J connectivity index is 1.97. The van der Waals surface area contributed by atoms with E-state index < -0.39 is 0 Å². The number of halogens is 1. The largest absolute Gasteiger partial charge is 0.508 e. The Kier molecular flexibility index (Phi) is 3.28. The number of hydrogen-bond acceptors (Lipinski definition) is 4. The molecule has 0 bridgehead atoms. The minimum atomic E-state index is 0.205. The van der Waals surface area contributed by atoms with Crippen molar-refractivity contribution in [3.63, 3.8) is 0 Å². The molecule has 3 rings (SSSR count). The highest BCUT2D eigenvalue weighted by Crippen LogP contribution is 2.26. The van der Waals surface area contributed by atoms with Gasteiger partial charge in [0.2, 0.25) is 5.82 Å². The fourth-order valence-corrected chi connectivity index (χ4v) is 2.17. The normalized spacial score (nSPS) is 10.7. The van der Waals surface area contributed by atoms with Crippen molar-refractivity contribution in [1.29, 1.82) is 0 Å². The molecule has 1 aromatic heterocycles. The van der Waals surface area contributed by atoms with Crippen LogP contribution >= 0.6 is 15.9 Å². The Morgan fingerprint density at radius 2 is 1.75 bits per heavy atom. The van der Waals surface area contributed by atoms with Crippen LogP contribution in [0.3, 0.4) is 0 Å². The van der Waals surface area contributed by atoms with Crippen LogP contribution < -0.4 is 0 Å². The molecule has 5 heteroatoms. The molecule has 0 spiro atoms. The topological polar surface area (TPSA) is 59.2 Å². The summed E-state index contributed by atoms with van der Waals surface area (Å²) in [6, 6.07) is 12.5. The summed E-state index contributed by atoms with van der Waals surface area (Å²) in [5.74, 6) is 1.17. The number of rotatable bonds is 2. The maximum absolute atomic E-state index is 9.27. The summed E-state index contributed by atoms with van der Waals surface area (Å²) in [4.78, 5) is 4.37. The van der Waals surface area contributed by atoms with Crippen molar-refractivity contribution in [3.05, 3.63) is 52.5 Å². The molecule has 0 fully saturated rings. The number of aromatic nitrogens is 2. The van der Waals surface area contributed by atoms with Crippen molar-refractivity contribution < 1.29 is 9.63 Å². The maximum Gasteiger partial charge on any atom is 0.258 e. The van der Waals surface area contributed by atoms with Gasteiger partial charge >= 0.3 is 0 Å². The van der Waals surface area contributed by atoms with Crippen LogP contribution in [-0.2, 0) is 0 Å². The van der Waals surface area contributed by atoms with Gasteiger partial charge in [0.05, 0.1) is 0 Å². The molecule has 1 heterocycles. The summed E-state index contributed by atoms with van der Waals surface area (Å²) >= 11 is 3.49. The Morgan fingerprint density at radius 3 is 2.45 bits per heavy atom. The van der Waals surface area contributed by atoms with Crippen LogP contribution in [0, 0.1) is 6.92 Å². The van der Waals surface area contributed by atoms with Crippen LogP contribution in [0.25, 0.3) is 22.8 Å². The maximum atomic E-state index is 9.27. The highest BCUT2D eigenvalue weighted by atomic mass is 79.9. The number of benzene rings is 2. The summed E-state index contributed by atoms with van der Waals surface area (Å²) in [6.07, 6.45) is 0. The number of aryl methyl sites for hydroxylation is 1. The zero-order chi connectivity index (χ0) is 14.1. The van der Waals surface area contributed by atoms with E-state index in [1.807, 2.05) is 25.1 Å². The van der Waals surface area contributed by atoms with Crippen LogP contribution in [0.15, 0.2) is 51.5 Å². The molecule has 3 aromatic rings. The minimum Gasteiger partial charge on any atom is -0.508 e. The SMILES string of the molecule is Cc1ccc(-c2noc(-c3ccc(O)cc3)n2)cc1Br. The predicted octanol–water partition coefficient (Wildman–Crippen LogP) is 4.18. The van der Waals surface area contributed by atoms with E-state index in [9.17, 15) is 5.11 Å². The molecule has 0 radical (unpaired) electrons. The Labute approximate surface area is 124 Å². The molecule has 0 aliphatic heterocycles. The first kappa shape index (κ1) is 12.9. The van der Waals surface area contributed by atoms with Crippen molar-refractivity contribution in [2.75, 3.05) is 0 Å². The van der Waals surface area contributed by atoms with Gasteiger partial charge in [-0.25, -0.2) is 0 Å². The van der Waals surface area contributed by atoms with E-state index in [2.05, 4.69) is 26.1 Å². The van der Waals surface area contributed by atoms with Crippen LogP contribution in [0.5, 0.6) is 5.75 Å². The van der Waals surface area contributed by atoms with Crippen molar-refractivity contribution in [3.8, 4) is 28.6 Å². The lowest BCUT2D eigenvalue weighted by atomic mass is 10.1. The molecule has 0 amide bonds. The third kappa shape index (κ3) is 2.44. The van der Waals surface area contributed by atoms with Crippen molar-refractivity contribution in [1.82, 2.24) is 10.1 Å². The van der Waals surface area contributed by atoms with Crippen molar-refractivity contribution in [2.24, 2.45) is 0 Å². The third-order valence-corrected chi connectivity index (χ3v) is 3.82. The summed E-state index contributed by atoms with van der Waals surface area (Å²) in [5, 5.41) is 13.3. The standard InChI is InChI=1S/C15H11BrN2O2/c1-9-2-3-11(8-13(9)16)14-17-15(20-18-14)10-4-6-12(19)7-5-10/h2-8,19H,1H3. The van der Waals surface area contributed by atoms with Crippen LogP contribution in [0.4, 0.5) is 0 Å². The first-order valence-corrected chi connectivity index (χ1v) is 6.82. The first-order chi connectivity index (χ1) is 9.63. The number of phenols is 1. The second-order valence-electron chi connectivity index (χ2n) is 4.43. The lowest BCUT2D eigenvalue weighted by Gasteiger charge is -1.99. The summed E-state index contributed by atoms with van der Waals surface area (Å²) in [6.45, 7) is 2.02. The number of nitrogens with zero attached hydrogens (tertiary/aromatic N) is 2. The molecular weight excluding hydrogens is 320 g/mol. The third-order valence-electron chi connectivity index (χ3n) is 2.97. The zero-order valence-corrected chi connectivity index (χ0v) is 12.3. The number of hydrogen-bond donors (Lipinski definition) is 1. The lowest BCUT2D eigenvalue weighted by Crippen LogP contribution is -1.83. The summed E-state index contributed by atoms with van der Waals surface area (Å²) in [7, 11) is 0. The molecule has 0 saturated carbocycles. The quantitative estimate of drug-likeness (QED) is 0.765. The van der Waals surface area contributed by atoms with E-state index in [-0.39, 0.29) is 5.75 Å². The summed E-state index contributed by atoms with van der Waals surface area (Å²) in [5.41, 5.74) is 2.81. The molecule has 0 aliphatic carbocycles. The van der Waals surface area contributed by atoms with Gasteiger partial charge in [-0.05, 0) is 42.8 Å². The Bertz CT molecular complexity index is 751. The van der Waals surface area contributed by atoms with Gasteiger partial charge in [0, 0.05) is 15.6 Å². The average molecular weight is 331 g/mol. The smallest absolute Gasteiger partial charge is 0.258 e. The Hall–Kier alpha value is -2.14. The molecule has 0 unspecified atom stereocenters. The van der Waals surface area contributed by atoms with Gasteiger partial charge in [-0.1, -0.05) is 33.2 Å². The fraction of sp³-hybridized carbons (Fsp3) is 0.0667. The van der Waals surface area contributed by atoms with E-state index in [0.29, 0.717) is 11.7 Å². The van der Waals surface area contributed by atoms with E-state index in [1.165, 1.54) is 0 Å². The molecule has 4 nitrogen and oxygen atoms in total. The lowest BCUT2D eigenvalue weighted by molar-refractivity contribution is 0.432. The van der Waals surface area contributed by atoms with Gasteiger partial charge in [0.1, 0.15) is 5.75 Å². The highest BCUT2D eigenvalue weighted by molar-refractivity contribution is 9.10. The molecule has 0 aliphatic rings. The van der Waals surface area contributed by atoms with Gasteiger partial charge in [0.25, 0.3) is 5.89 Å². The van der Waals surface area contributed by atoms with Gasteiger partial charge in [-0.2, -0.15) is 4.98 Å². The van der Waals surface area contributed by atoms with E-state index >= 15 is 0 Å². The molecule has 1 N–H and O–H groups in total. The molecule has 0 atom stereocenters. The van der Waals surface area contributed by atoms with E-state index in [1.54, 1.807) is 24.3 Å². The van der Waals surface area contributed by atoms with Crippen LogP contribution in [-0.4, -0.2) is 15.2 Å². The van der Waals surface area contributed by atoms with Gasteiger partial charge in [0.15, 0.2) is 0 Å². The predicted molar refractivity (Wildman–Crippen MR) is 79.3 cm³/mol. The fourth-order valence-electron chi connectivity index (χ4n) is 1.79. The highest BCUT2D eigenvalue weighted by Gasteiger charge is 2.11. The first-order valence-electron chi connectivity index (χ1n) is 6.03.